The third-order valence-electron chi connectivity index (χ3n) is 5.49. The van der Waals surface area contributed by atoms with Crippen LogP contribution in [-0.4, -0.2) is 41.1 Å². The first-order valence-electron chi connectivity index (χ1n) is 7.69. The Hall–Kier alpha value is -1.15. The fraction of sp³-hybridized carbons (Fsp3) is 0.867. The van der Waals surface area contributed by atoms with Gasteiger partial charge in [0.15, 0.2) is 0 Å². The van der Waals surface area contributed by atoms with Gasteiger partial charge in [-0.05, 0) is 51.4 Å². The molecular weight excluding hydrogens is 257 g/mol. The average Bonchev–Trinajstić information content (AvgIpc) is 2.95. The second-order valence-electron chi connectivity index (χ2n) is 6.66. The molecule has 2 bridgehead atoms. The number of likely N-dealkylation sites (tertiary alicyclic amines) is 1. The van der Waals surface area contributed by atoms with E-state index in [-0.39, 0.29) is 24.0 Å². The van der Waals surface area contributed by atoms with Crippen LogP contribution in [0.3, 0.4) is 0 Å². The van der Waals surface area contributed by atoms with Gasteiger partial charge in [0.1, 0.15) is 11.7 Å². The molecule has 3 saturated carbocycles. The fourth-order valence-electron chi connectivity index (χ4n) is 3.97. The number of carbonyl (C=O) groups excluding carboxylic acids is 1. The SMILES string of the molecule is N#CC1CCCN1C(=O)CNC12CCC(F)(CC1)CC2. The fourth-order valence-corrected chi connectivity index (χ4v) is 3.97. The summed E-state index contributed by atoms with van der Waals surface area (Å²) >= 11 is 0. The van der Waals surface area contributed by atoms with Gasteiger partial charge >= 0.3 is 0 Å². The first kappa shape index (κ1) is 13.8. The Morgan fingerprint density at radius 1 is 1.30 bits per heavy atom. The van der Waals surface area contributed by atoms with E-state index in [1.807, 2.05) is 0 Å². The molecule has 0 spiro atoms. The molecule has 1 heterocycles. The molecule has 1 N–H and O–H groups in total. The molecule has 1 amide bonds. The van der Waals surface area contributed by atoms with Gasteiger partial charge in [0.05, 0.1) is 12.6 Å². The second-order valence-corrected chi connectivity index (χ2v) is 6.66. The maximum atomic E-state index is 14.1. The van der Waals surface area contributed by atoms with E-state index in [2.05, 4.69) is 11.4 Å². The normalized spacial score (nSPS) is 39.8. The van der Waals surface area contributed by atoms with Crippen LogP contribution in [0.1, 0.15) is 51.4 Å². The molecule has 4 aliphatic rings. The molecule has 4 nitrogen and oxygen atoms in total. The highest BCUT2D eigenvalue weighted by Gasteiger charge is 2.49. The molecule has 0 aromatic carbocycles. The van der Waals surface area contributed by atoms with Gasteiger partial charge in [-0.25, -0.2) is 4.39 Å². The Morgan fingerprint density at radius 3 is 2.55 bits per heavy atom. The third-order valence-corrected chi connectivity index (χ3v) is 5.49. The van der Waals surface area contributed by atoms with Crippen LogP contribution in [0.2, 0.25) is 0 Å². The largest absolute Gasteiger partial charge is 0.326 e. The van der Waals surface area contributed by atoms with Gasteiger partial charge in [0.2, 0.25) is 5.91 Å². The third kappa shape index (κ3) is 2.42. The molecule has 5 heteroatoms. The minimum atomic E-state index is -0.936. The van der Waals surface area contributed by atoms with Gasteiger partial charge < -0.3 is 10.2 Å². The number of nitrogens with one attached hydrogen (secondary N) is 1. The monoisotopic (exact) mass is 279 g/mol. The molecule has 0 aromatic rings. The van der Waals surface area contributed by atoms with Crippen molar-refractivity contribution in [2.75, 3.05) is 13.1 Å². The zero-order chi connectivity index (χ0) is 14.2. The van der Waals surface area contributed by atoms with Crippen molar-refractivity contribution in [2.45, 2.75) is 68.6 Å². The number of alkyl halides is 1. The summed E-state index contributed by atoms with van der Waals surface area (Å²) in [6.45, 7) is 0.983. The van der Waals surface area contributed by atoms with Crippen LogP contribution < -0.4 is 5.32 Å². The van der Waals surface area contributed by atoms with Crippen LogP contribution in [0.5, 0.6) is 0 Å². The van der Waals surface area contributed by atoms with Gasteiger partial charge in [0, 0.05) is 12.1 Å². The van der Waals surface area contributed by atoms with E-state index in [1.54, 1.807) is 4.90 Å². The number of halogens is 1. The smallest absolute Gasteiger partial charge is 0.237 e. The van der Waals surface area contributed by atoms with Crippen molar-refractivity contribution in [2.24, 2.45) is 0 Å². The predicted molar refractivity (Wildman–Crippen MR) is 72.6 cm³/mol. The van der Waals surface area contributed by atoms with Gasteiger partial charge in [0.25, 0.3) is 0 Å². The summed E-state index contributed by atoms with van der Waals surface area (Å²) < 4.78 is 14.1. The predicted octanol–water partition coefficient (Wildman–Crippen LogP) is 1.91. The topological polar surface area (TPSA) is 56.1 Å². The highest BCUT2D eigenvalue weighted by molar-refractivity contribution is 5.79. The lowest BCUT2D eigenvalue weighted by Gasteiger charge is -2.50. The van der Waals surface area contributed by atoms with Crippen molar-refractivity contribution in [1.82, 2.24) is 10.2 Å². The summed E-state index contributed by atoms with van der Waals surface area (Å²) in [6, 6.07) is 1.95. The number of amides is 1. The van der Waals surface area contributed by atoms with Crippen molar-refractivity contribution in [3.8, 4) is 6.07 Å². The van der Waals surface area contributed by atoms with Crippen molar-refractivity contribution in [1.29, 1.82) is 5.26 Å². The molecule has 1 saturated heterocycles. The molecular formula is C15H22FN3O. The molecule has 20 heavy (non-hydrogen) atoms. The molecule has 4 rings (SSSR count). The Bertz CT molecular complexity index is 420. The first-order chi connectivity index (χ1) is 9.56. The number of rotatable bonds is 3. The second kappa shape index (κ2) is 5.00. The number of carbonyl (C=O) groups is 1. The Labute approximate surface area is 119 Å². The summed E-state index contributed by atoms with van der Waals surface area (Å²) in [5, 5.41) is 12.4. The van der Waals surface area contributed by atoms with Crippen LogP contribution in [0.4, 0.5) is 4.39 Å². The summed E-state index contributed by atoms with van der Waals surface area (Å²) in [5.41, 5.74) is -0.973. The molecule has 1 unspecified atom stereocenters. The van der Waals surface area contributed by atoms with Crippen LogP contribution in [0.25, 0.3) is 0 Å². The van der Waals surface area contributed by atoms with E-state index in [9.17, 15) is 9.18 Å². The van der Waals surface area contributed by atoms with E-state index >= 15 is 0 Å². The molecule has 1 aliphatic heterocycles. The highest BCUT2D eigenvalue weighted by atomic mass is 19.1. The summed E-state index contributed by atoms with van der Waals surface area (Å²) in [4.78, 5) is 13.9. The van der Waals surface area contributed by atoms with Gasteiger partial charge in [-0.15, -0.1) is 0 Å². The van der Waals surface area contributed by atoms with E-state index in [0.29, 0.717) is 25.8 Å². The molecule has 1 atom stereocenters. The number of nitrogens with zero attached hydrogens (tertiary/aromatic N) is 2. The van der Waals surface area contributed by atoms with Crippen LogP contribution in [-0.2, 0) is 4.79 Å². The number of hydrogen-bond donors (Lipinski definition) is 1. The maximum Gasteiger partial charge on any atom is 0.237 e. The van der Waals surface area contributed by atoms with E-state index in [4.69, 9.17) is 5.26 Å². The minimum absolute atomic E-state index is 0.0195. The molecule has 3 aliphatic carbocycles. The molecule has 110 valence electrons. The lowest BCUT2D eigenvalue weighted by molar-refractivity contribution is -0.131. The van der Waals surface area contributed by atoms with Crippen LogP contribution in [0.15, 0.2) is 0 Å². The van der Waals surface area contributed by atoms with Crippen molar-refractivity contribution >= 4 is 5.91 Å². The standard InChI is InChI=1S/C15H22FN3O/c16-14-3-6-15(7-4-14,8-5-14)18-11-13(20)19-9-1-2-12(19)10-17/h12,18H,1-9,11H2. The van der Waals surface area contributed by atoms with Crippen molar-refractivity contribution in [3.63, 3.8) is 0 Å². The van der Waals surface area contributed by atoms with Gasteiger partial charge in [-0.3, -0.25) is 4.79 Å². The first-order valence-corrected chi connectivity index (χ1v) is 7.69. The summed E-state index contributed by atoms with van der Waals surface area (Å²) in [7, 11) is 0. The van der Waals surface area contributed by atoms with Crippen LogP contribution >= 0.6 is 0 Å². The maximum absolute atomic E-state index is 14.1. The number of nitriles is 1. The van der Waals surface area contributed by atoms with E-state index in [1.165, 1.54) is 0 Å². The average molecular weight is 279 g/mol. The Kier molecular flexibility index (Phi) is 3.45. The van der Waals surface area contributed by atoms with Gasteiger partial charge in [-0.2, -0.15) is 5.26 Å². The molecule has 4 fully saturated rings. The van der Waals surface area contributed by atoms with E-state index < -0.39 is 5.67 Å². The van der Waals surface area contributed by atoms with Crippen LogP contribution in [0, 0.1) is 11.3 Å². The van der Waals surface area contributed by atoms with Crippen molar-refractivity contribution in [3.05, 3.63) is 0 Å². The summed E-state index contributed by atoms with van der Waals surface area (Å²) in [5.74, 6) is 0.0195. The zero-order valence-electron chi connectivity index (χ0n) is 11.8. The Balaban J connectivity index is 1.55. The van der Waals surface area contributed by atoms with E-state index in [0.717, 1.165) is 32.1 Å². The lowest BCUT2D eigenvalue weighted by atomic mass is 9.64. The van der Waals surface area contributed by atoms with Gasteiger partial charge in [-0.1, -0.05) is 0 Å². The lowest BCUT2D eigenvalue weighted by Crippen LogP contribution is -2.58. The number of fused-ring (bicyclic) bond motifs is 3. The molecule has 0 aromatic heterocycles. The highest BCUT2D eigenvalue weighted by Crippen LogP contribution is 2.48. The molecule has 0 radical (unpaired) electrons. The summed E-state index contributed by atoms with van der Waals surface area (Å²) in [6.07, 6.45) is 6.07. The minimum Gasteiger partial charge on any atom is -0.326 e. The zero-order valence-corrected chi connectivity index (χ0v) is 11.8. The quantitative estimate of drug-likeness (QED) is 0.858. The Morgan fingerprint density at radius 2 is 1.95 bits per heavy atom. The number of hydrogen-bond acceptors (Lipinski definition) is 3. The van der Waals surface area contributed by atoms with Crippen molar-refractivity contribution < 1.29 is 9.18 Å².